The molecule has 0 unspecified atom stereocenters. The minimum absolute atomic E-state index is 0.0641. The van der Waals surface area contributed by atoms with Crippen molar-refractivity contribution in [2.45, 2.75) is 37.1 Å². The van der Waals surface area contributed by atoms with Gasteiger partial charge in [0.1, 0.15) is 23.0 Å². The molecule has 1 amide bonds. The summed E-state index contributed by atoms with van der Waals surface area (Å²) in [6, 6.07) is 8.35. The third-order valence-corrected chi connectivity index (χ3v) is 7.87. The molecule has 1 aromatic carbocycles. The van der Waals surface area contributed by atoms with E-state index >= 15 is 0 Å². The van der Waals surface area contributed by atoms with Crippen LogP contribution in [0.25, 0.3) is 0 Å². The highest BCUT2D eigenvalue weighted by molar-refractivity contribution is 7.10. The SMILES string of the molecule is C=CC[C@H]1NCCC[C@@]1(Oc1csc(C(F)(F)F)c1)C(=O)N1CCN(c2ccccc2OCCOC)CC1. The summed E-state index contributed by atoms with van der Waals surface area (Å²) in [6.45, 7) is 7.51. The zero-order chi connectivity index (χ0) is 27.2. The average molecular weight is 554 g/mol. The Balaban J connectivity index is 1.52. The number of halogens is 3. The summed E-state index contributed by atoms with van der Waals surface area (Å²) in [7, 11) is 1.62. The van der Waals surface area contributed by atoms with Crippen LogP contribution in [0.2, 0.25) is 0 Å². The number of nitrogens with zero attached hydrogens (tertiary/aromatic N) is 2. The summed E-state index contributed by atoms with van der Waals surface area (Å²) in [5.41, 5.74) is -0.372. The van der Waals surface area contributed by atoms with E-state index in [9.17, 15) is 18.0 Å². The molecule has 1 N–H and O–H groups in total. The number of amides is 1. The fourth-order valence-corrected chi connectivity index (χ4v) is 5.73. The topological polar surface area (TPSA) is 63.3 Å². The third kappa shape index (κ3) is 6.27. The first-order chi connectivity index (χ1) is 18.3. The Hall–Kier alpha value is -2.76. The van der Waals surface area contributed by atoms with Crippen LogP contribution in [0.1, 0.15) is 24.1 Å². The molecule has 11 heteroatoms. The second-order valence-corrected chi connectivity index (χ2v) is 10.3. The highest BCUT2D eigenvalue weighted by atomic mass is 32.1. The Bertz CT molecular complexity index is 1090. The number of methoxy groups -OCH3 is 1. The van der Waals surface area contributed by atoms with E-state index in [1.54, 1.807) is 18.1 Å². The van der Waals surface area contributed by atoms with Crippen LogP contribution in [-0.4, -0.2) is 75.5 Å². The predicted octanol–water partition coefficient (Wildman–Crippen LogP) is 4.59. The lowest BCUT2D eigenvalue weighted by Crippen LogP contribution is -2.67. The Kier molecular flexibility index (Phi) is 9.22. The van der Waals surface area contributed by atoms with Crippen molar-refractivity contribution in [3.63, 3.8) is 0 Å². The molecular weight excluding hydrogens is 519 g/mol. The molecule has 0 aliphatic carbocycles. The zero-order valence-electron chi connectivity index (χ0n) is 21.5. The third-order valence-electron chi connectivity index (χ3n) is 6.92. The van der Waals surface area contributed by atoms with Crippen molar-refractivity contribution in [1.82, 2.24) is 10.2 Å². The lowest BCUT2D eigenvalue weighted by atomic mass is 9.82. The van der Waals surface area contributed by atoms with E-state index in [1.165, 1.54) is 5.38 Å². The molecule has 0 saturated carbocycles. The number of nitrogens with one attached hydrogen (secondary N) is 1. The Morgan fingerprint density at radius 2 is 2.00 bits per heavy atom. The number of carbonyl (C=O) groups is 1. The number of anilines is 1. The van der Waals surface area contributed by atoms with Gasteiger partial charge in [0.05, 0.1) is 18.3 Å². The van der Waals surface area contributed by atoms with Crippen LogP contribution in [0.3, 0.4) is 0 Å². The van der Waals surface area contributed by atoms with E-state index in [-0.39, 0.29) is 11.7 Å². The highest BCUT2D eigenvalue weighted by Crippen LogP contribution is 2.40. The molecule has 2 aliphatic rings. The number of piperidine rings is 1. The van der Waals surface area contributed by atoms with Gasteiger partial charge >= 0.3 is 6.18 Å². The van der Waals surface area contributed by atoms with Gasteiger partial charge in [0.15, 0.2) is 0 Å². The molecule has 7 nitrogen and oxygen atoms in total. The van der Waals surface area contributed by atoms with Gasteiger partial charge < -0.3 is 29.3 Å². The number of ether oxygens (including phenoxy) is 3. The van der Waals surface area contributed by atoms with E-state index in [0.717, 1.165) is 17.5 Å². The highest BCUT2D eigenvalue weighted by Gasteiger charge is 2.51. The molecule has 2 aromatic rings. The van der Waals surface area contributed by atoms with Crippen LogP contribution in [0.5, 0.6) is 11.5 Å². The van der Waals surface area contributed by atoms with Gasteiger partial charge in [-0.25, -0.2) is 0 Å². The van der Waals surface area contributed by atoms with Gasteiger partial charge in [0, 0.05) is 44.7 Å². The molecule has 2 aliphatic heterocycles. The quantitative estimate of drug-likeness (QED) is 0.343. The molecule has 38 heavy (non-hydrogen) atoms. The van der Waals surface area contributed by atoms with Gasteiger partial charge in [0.25, 0.3) is 5.91 Å². The number of hydrogen-bond donors (Lipinski definition) is 1. The van der Waals surface area contributed by atoms with Crippen LogP contribution in [0, 0.1) is 0 Å². The molecule has 1 aromatic heterocycles. The number of para-hydroxylation sites is 2. The van der Waals surface area contributed by atoms with Crippen molar-refractivity contribution >= 4 is 22.9 Å². The predicted molar refractivity (Wildman–Crippen MR) is 141 cm³/mol. The molecule has 0 spiro atoms. The van der Waals surface area contributed by atoms with Crippen LogP contribution in [0.4, 0.5) is 18.9 Å². The molecule has 2 saturated heterocycles. The number of hydrogen-bond acceptors (Lipinski definition) is 7. The second-order valence-electron chi connectivity index (χ2n) is 9.36. The average Bonchev–Trinajstić information content (AvgIpc) is 3.39. The van der Waals surface area contributed by atoms with E-state index in [2.05, 4.69) is 16.8 Å². The van der Waals surface area contributed by atoms with E-state index in [4.69, 9.17) is 14.2 Å². The maximum atomic E-state index is 14.1. The van der Waals surface area contributed by atoms with Crippen molar-refractivity contribution in [2.75, 3.05) is 57.9 Å². The van der Waals surface area contributed by atoms with Crippen molar-refractivity contribution in [3.8, 4) is 11.5 Å². The second kappa shape index (κ2) is 12.4. The molecule has 208 valence electrons. The van der Waals surface area contributed by atoms with E-state index in [1.807, 2.05) is 24.3 Å². The fraction of sp³-hybridized carbons (Fsp3) is 0.519. The first-order valence-electron chi connectivity index (χ1n) is 12.7. The molecular formula is C27H34F3N3O4S. The van der Waals surface area contributed by atoms with Crippen LogP contribution >= 0.6 is 11.3 Å². The standard InChI is InChI=1S/C27H34F3N3O4S/c1-3-7-23-26(10-6-11-31-23,37-20-18-24(38-19-20)27(28,29)30)25(34)33-14-12-32(13-15-33)21-8-4-5-9-22(21)36-17-16-35-2/h3-5,8-9,18-19,23,31H,1,6-7,10-17H2,2H3/t23-,26+/m1/s1. The van der Waals surface area contributed by atoms with Crippen LogP contribution in [-0.2, 0) is 15.7 Å². The number of thiophene rings is 1. The zero-order valence-corrected chi connectivity index (χ0v) is 22.3. The van der Waals surface area contributed by atoms with Gasteiger partial charge in [0.2, 0.25) is 5.60 Å². The summed E-state index contributed by atoms with van der Waals surface area (Å²) < 4.78 is 57.0. The number of alkyl halides is 3. The van der Waals surface area contributed by atoms with Crippen LogP contribution < -0.4 is 19.7 Å². The normalized spacial score (nSPS) is 22.3. The fourth-order valence-electron chi connectivity index (χ4n) is 5.05. The Morgan fingerprint density at radius 1 is 1.24 bits per heavy atom. The summed E-state index contributed by atoms with van der Waals surface area (Å²) in [5.74, 6) is 0.611. The maximum Gasteiger partial charge on any atom is 0.425 e. The summed E-state index contributed by atoms with van der Waals surface area (Å²) >= 11 is 0.570. The number of piperazine rings is 1. The number of benzene rings is 1. The Labute approximate surface area is 225 Å². The minimum atomic E-state index is -4.46. The van der Waals surface area contributed by atoms with Gasteiger partial charge in [-0.05, 0) is 37.9 Å². The molecule has 2 fully saturated rings. The monoisotopic (exact) mass is 553 g/mol. The summed E-state index contributed by atoms with van der Waals surface area (Å²) in [6.07, 6.45) is -1.23. The van der Waals surface area contributed by atoms with Crippen molar-refractivity contribution in [1.29, 1.82) is 0 Å². The largest absolute Gasteiger partial charge is 0.489 e. The van der Waals surface area contributed by atoms with E-state index < -0.39 is 22.7 Å². The molecule has 3 heterocycles. The molecule has 2 atom stereocenters. The summed E-state index contributed by atoms with van der Waals surface area (Å²) in [4.78, 5) is 17.3. The maximum absolute atomic E-state index is 14.1. The lowest BCUT2D eigenvalue weighted by molar-refractivity contribution is -0.154. The van der Waals surface area contributed by atoms with Crippen molar-refractivity contribution in [3.05, 3.63) is 53.2 Å². The first kappa shape index (κ1) is 28.3. The molecule has 0 radical (unpaired) electrons. The van der Waals surface area contributed by atoms with Gasteiger partial charge in [-0.2, -0.15) is 13.2 Å². The van der Waals surface area contributed by atoms with E-state index in [0.29, 0.717) is 76.5 Å². The first-order valence-corrected chi connectivity index (χ1v) is 13.6. The number of rotatable bonds is 10. The van der Waals surface area contributed by atoms with Crippen molar-refractivity contribution in [2.24, 2.45) is 0 Å². The van der Waals surface area contributed by atoms with Gasteiger partial charge in [-0.15, -0.1) is 17.9 Å². The lowest BCUT2D eigenvalue weighted by Gasteiger charge is -2.47. The minimum Gasteiger partial charge on any atom is -0.489 e. The molecule has 4 rings (SSSR count). The number of carbonyl (C=O) groups excluding carboxylic acids is 1. The van der Waals surface area contributed by atoms with Gasteiger partial charge in [-0.3, -0.25) is 4.79 Å². The van der Waals surface area contributed by atoms with Gasteiger partial charge in [-0.1, -0.05) is 18.2 Å². The summed E-state index contributed by atoms with van der Waals surface area (Å²) in [5, 5.41) is 4.68. The van der Waals surface area contributed by atoms with Crippen LogP contribution in [0.15, 0.2) is 48.4 Å². The smallest absolute Gasteiger partial charge is 0.425 e. The van der Waals surface area contributed by atoms with Crippen molar-refractivity contribution < 1.29 is 32.2 Å². The Morgan fingerprint density at radius 3 is 2.68 bits per heavy atom. The molecule has 0 bridgehead atoms.